The van der Waals surface area contributed by atoms with Crippen molar-refractivity contribution < 1.29 is 14.4 Å². The van der Waals surface area contributed by atoms with Crippen LogP contribution in [-0.2, 0) is 11.3 Å². The van der Waals surface area contributed by atoms with Gasteiger partial charge in [0.25, 0.3) is 5.91 Å². The van der Waals surface area contributed by atoms with Crippen molar-refractivity contribution in [1.29, 1.82) is 0 Å². The van der Waals surface area contributed by atoms with E-state index in [1.807, 2.05) is 12.1 Å². The van der Waals surface area contributed by atoms with Crippen molar-refractivity contribution >= 4 is 23.5 Å². The van der Waals surface area contributed by atoms with Crippen LogP contribution in [0, 0.1) is 0 Å². The predicted octanol–water partition coefficient (Wildman–Crippen LogP) is 1.20. The van der Waals surface area contributed by atoms with E-state index in [-0.39, 0.29) is 24.8 Å². The molecule has 0 aromatic heterocycles. The summed E-state index contributed by atoms with van der Waals surface area (Å²) in [6, 6.07) is 3.20. The van der Waals surface area contributed by atoms with E-state index in [9.17, 15) is 14.4 Å². The van der Waals surface area contributed by atoms with Crippen LogP contribution in [0.15, 0.2) is 12.1 Å². The van der Waals surface area contributed by atoms with Crippen LogP contribution in [0.25, 0.3) is 0 Å². The zero-order valence-corrected chi connectivity index (χ0v) is 12.5. The smallest absolute Gasteiger partial charge is 0.342 e. The minimum Gasteiger partial charge on any atom is -0.398 e. The standard InChI is InChI=1S/C15H18N4O3/c1-8(2)9-5-10-7-19(14(21)13(10)11(16)6-9)18-4-3-12(20)17-15(18)22/h5-6,8H,3-4,7,16H2,1-2H3,(H,17,20,22). The van der Waals surface area contributed by atoms with Gasteiger partial charge in [0.05, 0.1) is 18.7 Å². The summed E-state index contributed by atoms with van der Waals surface area (Å²) in [6.07, 6.45) is 0.179. The maximum atomic E-state index is 12.6. The summed E-state index contributed by atoms with van der Waals surface area (Å²) in [5.41, 5.74) is 8.79. The topological polar surface area (TPSA) is 95.7 Å². The number of nitrogens with one attached hydrogen (secondary N) is 1. The van der Waals surface area contributed by atoms with Gasteiger partial charge in [-0.2, -0.15) is 0 Å². The molecule has 0 atom stereocenters. The first-order chi connectivity index (χ1) is 10.4. The summed E-state index contributed by atoms with van der Waals surface area (Å²) in [5, 5.41) is 4.85. The number of hydrogen-bond acceptors (Lipinski definition) is 4. The van der Waals surface area contributed by atoms with Crippen molar-refractivity contribution in [2.45, 2.75) is 32.7 Å². The summed E-state index contributed by atoms with van der Waals surface area (Å²) < 4.78 is 0. The van der Waals surface area contributed by atoms with Gasteiger partial charge in [-0.05, 0) is 23.1 Å². The molecule has 3 N–H and O–H groups in total. The zero-order valence-electron chi connectivity index (χ0n) is 12.5. The molecule has 0 bridgehead atoms. The number of anilines is 1. The monoisotopic (exact) mass is 302 g/mol. The molecule has 2 heterocycles. The maximum Gasteiger partial charge on any atom is 0.342 e. The Bertz CT molecular complexity index is 684. The molecule has 0 spiro atoms. The molecule has 1 aromatic carbocycles. The lowest BCUT2D eigenvalue weighted by atomic mass is 9.97. The maximum absolute atomic E-state index is 12.6. The average Bonchev–Trinajstić information content (AvgIpc) is 2.76. The van der Waals surface area contributed by atoms with Crippen LogP contribution in [0.2, 0.25) is 0 Å². The van der Waals surface area contributed by atoms with E-state index in [0.717, 1.165) is 11.1 Å². The number of carbonyl (C=O) groups excluding carboxylic acids is 3. The van der Waals surface area contributed by atoms with E-state index in [4.69, 9.17) is 5.73 Å². The molecule has 7 heteroatoms. The lowest BCUT2D eigenvalue weighted by molar-refractivity contribution is -0.123. The first-order valence-electron chi connectivity index (χ1n) is 7.24. The van der Waals surface area contributed by atoms with Crippen LogP contribution in [0.3, 0.4) is 0 Å². The van der Waals surface area contributed by atoms with Crippen molar-refractivity contribution in [2.75, 3.05) is 12.3 Å². The number of nitrogens with two attached hydrogens (primary N) is 1. The van der Waals surface area contributed by atoms with Crippen LogP contribution < -0.4 is 11.1 Å². The van der Waals surface area contributed by atoms with Crippen molar-refractivity contribution in [3.8, 4) is 0 Å². The number of nitrogen functional groups attached to an aromatic ring is 1. The molecule has 116 valence electrons. The summed E-state index contributed by atoms with van der Waals surface area (Å²) in [4.78, 5) is 35.7. The number of hydrogen-bond donors (Lipinski definition) is 2. The van der Waals surface area contributed by atoms with Gasteiger partial charge in [0.15, 0.2) is 0 Å². The molecule has 3 rings (SSSR count). The molecule has 0 saturated carbocycles. The van der Waals surface area contributed by atoms with E-state index in [1.54, 1.807) is 0 Å². The summed E-state index contributed by atoms with van der Waals surface area (Å²) in [7, 11) is 0. The van der Waals surface area contributed by atoms with Gasteiger partial charge in [-0.3, -0.25) is 14.9 Å². The molecule has 4 amide bonds. The minimum absolute atomic E-state index is 0.179. The molecule has 0 aliphatic carbocycles. The third-order valence-electron chi connectivity index (χ3n) is 4.03. The SMILES string of the molecule is CC(C)c1cc(N)c2c(c1)CN(N1CCC(=O)NC1=O)C2=O. The zero-order chi connectivity index (χ0) is 16.0. The van der Waals surface area contributed by atoms with Crippen molar-refractivity contribution in [2.24, 2.45) is 0 Å². The van der Waals surface area contributed by atoms with Gasteiger partial charge in [-0.15, -0.1) is 0 Å². The second kappa shape index (κ2) is 5.01. The molecule has 22 heavy (non-hydrogen) atoms. The number of carbonyl (C=O) groups is 3. The fourth-order valence-corrected chi connectivity index (χ4v) is 2.81. The fourth-order valence-electron chi connectivity index (χ4n) is 2.81. The number of hydrazine groups is 1. The number of nitrogens with zero attached hydrogens (tertiary/aromatic N) is 2. The number of fused-ring (bicyclic) bond motifs is 1. The highest BCUT2D eigenvalue weighted by Crippen LogP contribution is 2.32. The molecule has 2 aliphatic rings. The Labute approximate surface area is 128 Å². The third-order valence-corrected chi connectivity index (χ3v) is 4.03. The Hall–Kier alpha value is -2.57. The Morgan fingerprint density at radius 2 is 1.91 bits per heavy atom. The van der Waals surface area contributed by atoms with Crippen molar-refractivity contribution in [1.82, 2.24) is 15.3 Å². The molecular weight excluding hydrogens is 284 g/mol. The van der Waals surface area contributed by atoms with E-state index in [1.165, 1.54) is 10.0 Å². The summed E-state index contributed by atoms with van der Waals surface area (Å²) >= 11 is 0. The first kappa shape index (κ1) is 14.4. The lowest BCUT2D eigenvalue weighted by Crippen LogP contribution is -2.56. The van der Waals surface area contributed by atoms with E-state index >= 15 is 0 Å². The van der Waals surface area contributed by atoms with Gasteiger partial charge in [0, 0.05) is 12.1 Å². The van der Waals surface area contributed by atoms with E-state index in [2.05, 4.69) is 19.2 Å². The highest BCUT2D eigenvalue weighted by Gasteiger charge is 2.38. The quantitative estimate of drug-likeness (QED) is 0.802. The number of rotatable bonds is 2. The van der Waals surface area contributed by atoms with Crippen LogP contribution in [0.4, 0.5) is 10.5 Å². The lowest BCUT2D eigenvalue weighted by Gasteiger charge is -2.33. The Kier molecular flexibility index (Phi) is 3.27. The second-order valence-electron chi connectivity index (χ2n) is 5.89. The first-order valence-corrected chi connectivity index (χ1v) is 7.24. The fraction of sp³-hybridized carbons (Fsp3) is 0.400. The largest absolute Gasteiger partial charge is 0.398 e. The Morgan fingerprint density at radius 3 is 2.55 bits per heavy atom. The number of urea groups is 1. The van der Waals surface area contributed by atoms with Crippen LogP contribution in [0.1, 0.15) is 47.7 Å². The molecule has 1 aromatic rings. The van der Waals surface area contributed by atoms with Gasteiger partial charge in [0.2, 0.25) is 5.91 Å². The predicted molar refractivity (Wildman–Crippen MR) is 79.7 cm³/mol. The molecule has 7 nitrogen and oxygen atoms in total. The van der Waals surface area contributed by atoms with Gasteiger partial charge >= 0.3 is 6.03 Å². The Balaban J connectivity index is 1.92. The molecule has 0 radical (unpaired) electrons. The molecule has 0 unspecified atom stereocenters. The number of benzene rings is 1. The average molecular weight is 302 g/mol. The van der Waals surface area contributed by atoms with Crippen LogP contribution in [-0.4, -0.2) is 34.4 Å². The molecule has 1 fully saturated rings. The van der Waals surface area contributed by atoms with Crippen molar-refractivity contribution in [3.05, 3.63) is 28.8 Å². The number of amides is 4. The Morgan fingerprint density at radius 1 is 1.18 bits per heavy atom. The van der Waals surface area contributed by atoms with Gasteiger partial charge in [-0.1, -0.05) is 19.9 Å². The summed E-state index contributed by atoms with van der Waals surface area (Å²) in [5.74, 6) is -0.327. The third kappa shape index (κ3) is 2.18. The van der Waals surface area contributed by atoms with Crippen molar-refractivity contribution in [3.63, 3.8) is 0 Å². The van der Waals surface area contributed by atoms with Crippen LogP contribution >= 0.6 is 0 Å². The number of imide groups is 1. The van der Waals surface area contributed by atoms with Gasteiger partial charge in [0.1, 0.15) is 0 Å². The van der Waals surface area contributed by atoms with E-state index in [0.29, 0.717) is 23.7 Å². The normalized spacial score (nSPS) is 18.0. The highest BCUT2D eigenvalue weighted by molar-refractivity contribution is 6.05. The highest BCUT2D eigenvalue weighted by atomic mass is 16.2. The van der Waals surface area contributed by atoms with E-state index < -0.39 is 6.03 Å². The van der Waals surface area contributed by atoms with Crippen LogP contribution in [0.5, 0.6) is 0 Å². The molecule has 1 saturated heterocycles. The molecule has 2 aliphatic heterocycles. The van der Waals surface area contributed by atoms with Gasteiger partial charge in [-0.25, -0.2) is 14.8 Å². The second-order valence-corrected chi connectivity index (χ2v) is 5.89. The molecular formula is C15H18N4O3. The van der Waals surface area contributed by atoms with Gasteiger partial charge < -0.3 is 5.73 Å². The minimum atomic E-state index is -0.569. The summed E-state index contributed by atoms with van der Waals surface area (Å²) in [6.45, 7) is 4.60.